The lowest BCUT2D eigenvalue weighted by Gasteiger charge is -2.29. The van der Waals surface area contributed by atoms with Crippen LogP contribution in [0, 0.1) is 11.6 Å². The van der Waals surface area contributed by atoms with Crippen molar-refractivity contribution in [2.75, 3.05) is 43.6 Å². The molecule has 3 aromatic rings. The van der Waals surface area contributed by atoms with E-state index in [1.807, 2.05) is 24.3 Å². The summed E-state index contributed by atoms with van der Waals surface area (Å²) in [5.74, 6) is 0.0514. The van der Waals surface area contributed by atoms with Gasteiger partial charge < -0.3 is 24.4 Å². The summed E-state index contributed by atoms with van der Waals surface area (Å²) in [6.45, 7) is 3.11. The number of halogens is 2. The first-order valence-corrected chi connectivity index (χ1v) is 9.49. The molecule has 0 aliphatic carbocycles. The maximum absolute atomic E-state index is 14.0. The van der Waals surface area contributed by atoms with E-state index in [0.29, 0.717) is 30.5 Å². The summed E-state index contributed by atoms with van der Waals surface area (Å²) in [7, 11) is 1.32. The van der Waals surface area contributed by atoms with Gasteiger partial charge in [0, 0.05) is 37.0 Å². The number of hydrogen-bond donors (Lipinski definition) is 1. The van der Waals surface area contributed by atoms with Gasteiger partial charge in [0.05, 0.1) is 32.2 Å². The van der Waals surface area contributed by atoms with Gasteiger partial charge in [-0.3, -0.25) is 0 Å². The van der Waals surface area contributed by atoms with Crippen molar-refractivity contribution >= 4 is 17.2 Å². The second-order valence-electron chi connectivity index (χ2n) is 6.67. The Kier molecular flexibility index (Phi) is 5.94. The van der Waals surface area contributed by atoms with Crippen molar-refractivity contribution in [2.24, 2.45) is 0 Å². The van der Waals surface area contributed by atoms with Crippen molar-refractivity contribution in [1.29, 1.82) is 0 Å². The molecule has 0 atom stereocenters. The van der Waals surface area contributed by atoms with Gasteiger partial charge in [-0.15, -0.1) is 0 Å². The molecule has 1 aromatic heterocycles. The zero-order valence-corrected chi connectivity index (χ0v) is 16.4. The zero-order chi connectivity index (χ0) is 20.9. The van der Waals surface area contributed by atoms with Crippen LogP contribution in [0.2, 0.25) is 0 Å². The summed E-state index contributed by atoms with van der Waals surface area (Å²) >= 11 is 0. The summed E-state index contributed by atoms with van der Waals surface area (Å²) in [6, 6.07) is 13.2. The molecular formula is C22H21F2N3O3. The van der Waals surface area contributed by atoms with Gasteiger partial charge >= 0.3 is 0 Å². The van der Waals surface area contributed by atoms with Crippen LogP contribution >= 0.6 is 0 Å². The number of morpholine rings is 1. The van der Waals surface area contributed by atoms with Crippen molar-refractivity contribution in [3.8, 4) is 17.2 Å². The molecule has 0 amide bonds. The summed E-state index contributed by atoms with van der Waals surface area (Å²) < 4.78 is 43.7. The fourth-order valence-corrected chi connectivity index (χ4v) is 3.14. The van der Waals surface area contributed by atoms with E-state index in [2.05, 4.69) is 15.2 Å². The van der Waals surface area contributed by atoms with E-state index in [1.165, 1.54) is 19.4 Å². The van der Waals surface area contributed by atoms with Crippen LogP contribution in [0.25, 0.3) is 0 Å². The van der Waals surface area contributed by atoms with Crippen LogP contribution in [0.5, 0.6) is 17.2 Å². The van der Waals surface area contributed by atoms with E-state index >= 15 is 0 Å². The number of rotatable bonds is 6. The molecule has 8 heteroatoms. The van der Waals surface area contributed by atoms with Gasteiger partial charge in [-0.05, 0) is 24.3 Å². The molecule has 4 rings (SSSR count). The molecule has 6 nitrogen and oxygen atoms in total. The number of nitrogens with zero attached hydrogens (tertiary/aromatic N) is 2. The second kappa shape index (κ2) is 8.96. The normalized spacial score (nSPS) is 13.8. The Balaban J connectivity index is 1.44. The second-order valence-corrected chi connectivity index (χ2v) is 6.67. The maximum Gasteiger partial charge on any atom is 0.168 e. The number of anilines is 3. The molecule has 0 radical (unpaired) electrons. The van der Waals surface area contributed by atoms with E-state index in [4.69, 9.17) is 14.2 Å². The average Bonchev–Trinajstić information content (AvgIpc) is 2.78. The zero-order valence-electron chi connectivity index (χ0n) is 16.4. The minimum absolute atomic E-state index is 0.0565. The van der Waals surface area contributed by atoms with Gasteiger partial charge in [0.25, 0.3) is 0 Å². The number of ether oxygens (including phenoxy) is 3. The molecule has 30 heavy (non-hydrogen) atoms. The van der Waals surface area contributed by atoms with Crippen molar-refractivity contribution in [2.45, 2.75) is 0 Å². The highest BCUT2D eigenvalue weighted by Crippen LogP contribution is 2.29. The topological polar surface area (TPSA) is 55.8 Å². The number of methoxy groups -OCH3 is 1. The van der Waals surface area contributed by atoms with E-state index < -0.39 is 11.6 Å². The van der Waals surface area contributed by atoms with Crippen LogP contribution < -0.4 is 19.7 Å². The fraction of sp³-hybridized carbons (Fsp3) is 0.227. The molecule has 1 N–H and O–H groups in total. The Morgan fingerprint density at radius 1 is 1.00 bits per heavy atom. The summed E-state index contributed by atoms with van der Waals surface area (Å²) in [6.07, 6.45) is 1.53. The van der Waals surface area contributed by atoms with E-state index in [0.717, 1.165) is 24.8 Å². The lowest BCUT2D eigenvalue weighted by Crippen LogP contribution is -2.36. The van der Waals surface area contributed by atoms with Crippen LogP contribution in [0.3, 0.4) is 0 Å². The monoisotopic (exact) mass is 413 g/mol. The molecule has 2 aromatic carbocycles. The lowest BCUT2D eigenvalue weighted by molar-refractivity contribution is 0.122. The SMILES string of the molecule is COc1cc(Nc2ccc(Oc3cccc(N4CCOCC4)c3)cn2)c(F)cc1F. The smallest absolute Gasteiger partial charge is 0.168 e. The first-order chi connectivity index (χ1) is 14.6. The first kappa shape index (κ1) is 19.9. The van der Waals surface area contributed by atoms with Gasteiger partial charge in [-0.2, -0.15) is 0 Å². The Morgan fingerprint density at radius 3 is 2.57 bits per heavy atom. The van der Waals surface area contributed by atoms with Crippen molar-refractivity contribution in [3.63, 3.8) is 0 Å². The highest BCUT2D eigenvalue weighted by Gasteiger charge is 2.13. The van der Waals surface area contributed by atoms with Gasteiger partial charge in [-0.25, -0.2) is 13.8 Å². The Labute approximate surface area is 173 Å². The minimum Gasteiger partial charge on any atom is -0.494 e. The summed E-state index contributed by atoms with van der Waals surface area (Å²) in [5.41, 5.74) is 1.13. The minimum atomic E-state index is -0.767. The summed E-state index contributed by atoms with van der Waals surface area (Å²) in [5, 5.41) is 2.81. The van der Waals surface area contributed by atoms with Crippen LogP contribution in [0.15, 0.2) is 54.7 Å². The summed E-state index contributed by atoms with van der Waals surface area (Å²) in [4.78, 5) is 6.48. The molecule has 2 heterocycles. The molecular weight excluding hydrogens is 392 g/mol. The quantitative estimate of drug-likeness (QED) is 0.630. The third-order valence-electron chi connectivity index (χ3n) is 4.67. The maximum atomic E-state index is 14.0. The third kappa shape index (κ3) is 4.60. The van der Waals surface area contributed by atoms with Crippen LogP contribution in [0.1, 0.15) is 0 Å². The molecule has 1 saturated heterocycles. The van der Waals surface area contributed by atoms with E-state index in [9.17, 15) is 8.78 Å². The largest absolute Gasteiger partial charge is 0.494 e. The molecule has 1 aliphatic rings. The van der Waals surface area contributed by atoms with Crippen molar-refractivity contribution in [3.05, 3.63) is 66.4 Å². The Morgan fingerprint density at radius 2 is 1.83 bits per heavy atom. The highest BCUT2D eigenvalue weighted by atomic mass is 19.1. The molecule has 0 unspecified atom stereocenters. The molecule has 0 bridgehead atoms. The van der Waals surface area contributed by atoms with E-state index in [-0.39, 0.29) is 11.4 Å². The van der Waals surface area contributed by atoms with Crippen LogP contribution in [-0.2, 0) is 4.74 Å². The number of nitrogens with one attached hydrogen (secondary N) is 1. The molecule has 1 aliphatic heterocycles. The first-order valence-electron chi connectivity index (χ1n) is 9.49. The molecule has 0 spiro atoms. The third-order valence-corrected chi connectivity index (χ3v) is 4.67. The van der Waals surface area contributed by atoms with Crippen LogP contribution in [-0.4, -0.2) is 38.4 Å². The van der Waals surface area contributed by atoms with Gasteiger partial charge in [0.15, 0.2) is 11.6 Å². The highest BCUT2D eigenvalue weighted by molar-refractivity contribution is 5.60. The Bertz CT molecular complexity index is 1010. The predicted octanol–water partition coefficient (Wildman–Crippen LogP) is 4.74. The van der Waals surface area contributed by atoms with Gasteiger partial charge in [-0.1, -0.05) is 6.07 Å². The molecule has 0 saturated carbocycles. The standard InChI is InChI=1S/C22H21F2N3O3/c1-28-21-13-20(18(23)12-19(21)24)26-22-6-5-17(14-25-22)30-16-4-2-3-15(11-16)27-7-9-29-10-8-27/h2-6,11-14H,7-10H2,1H3,(H,25,26). The van der Waals surface area contributed by atoms with Crippen molar-refractivity contribution in [1.82, 2.24) is 4.98 Å². The number of benzene rings is 2. The Hall–Kier alpha value is -3.39. The van der Waals surface area contributed by atoms with Crippen molar-refractivity contribution < 1.29 is 23.0 Å². The number of hydrogen-bond acceptors (Lipinski definition) is 6. The average molecular weight is 413 g/mol. The fourth-order valence-electron chi connectivity index (χ4n) is 3.14. The predicted molar refractivity (Wildman–Crippen MR) is 110 cm³/mol. The molecule has 156 valence electrons. The number of aromatic nitrogens is 1. The number of pyridine rings is 1. The van der Waals surface area contributed by atoms with E-state index in [1.54, 1.807) is 12.1 Å². The van der Waals surface area contributed by atoms with Gasteiger partial charge in [0.1, 0.15) is 23.1 Å². The molecule has 1 fully saturated rings. The lowest BCUT2D eigenvalue weighted by atomic mass is 10.2. The van der Waals surface area contributed by atoms with Gasteiger partial charge in [0.2, 0.25) is 0 Å². The van der Waals surface area contributed by atoms with Crippen LogP contribution in [0.4, 0.5) is 26.0 Å².